The Labute approximate surface area is 125 Å². The van der Waals surface area contributed by atoms with Gasteiger partial charge in [-0.25, -0.2) is 12.8 Å². The summed E-state index contributed by atoms with van der Waals surface area (Å²) in [5.74, 6) is -0.782. The van der Waals surface area contributed by atoms with Crippen LogP contribution in [0.2, 0.25) is 0 Å². The summed E-state index contributed by atoms with van der Waals surface area (Å²) in [5.41, 5.74) is 0.398. The van der Waals surface area contributed by atoms with Gasteiger partial charge in [-0.05, 0) is 37.3 Å². The lowest BCUT2D eigenvalue weighted by Crippen LogP contribution is -2.31. The first-order valence-electron chi connectivity index (χ1n) is 5.84. The summed E-state index contributed by atoms with van der Waals surface area (Å²) in [5, 5.41) is 0. The Hall–Kier alpha value is -1.47. The molecular formula is C13H12BrFN2O2S. The monoisotopic (exact) mass is 358 g/mol. The Kier molecular flexibility index (Phi) is 4.39. The zero-order valence-electron chi connectivity index (χ0n) is 10.6. The Morgan fingerprint density at radius 3 is 2.70 bits per heavy atom. The lowest BCUT2D eigenvalue weighted by molar-refractivity contribution is 0.564. The van der Waals surface area contributed by atoms with Gasteiger partial charge in [-0.3, -0.25) is 9.29 Å². The van der Waals surface area contributed by atoms with Crippen LogP contribution >= 0.6 is 15.9 Å². The second-order valence-electron chi connectivity index (χ2n) is 3.96. The van der Waals surface area contributed by atoms with Gasteiger partial charge in [0.05, 0.1) is 11.9 Å². The molecule has 0 radical (unpaired) electrons. The van der Waals surface area contributed by atoms with Crippen molar-refractivity contribution in [3.05, 3.63) is 53.0 Å². The van der Waals surface area contributed by atoms with E-state index < -0.39 is 15.8 Å². The van der Waals surface area contributed by atoms with E-state index in [1.54, 1.807) is 25.3 Å². The standard InChI is InChI=1S/C13H12BrFN2O2S/c1-2-17(11-4-3-7-16-9-11)20(18,19)13-8-10(14)5-6-12(13)15/h3-9H,2H2,1H3. The van der Waals surface area contributed by atoms with Crippen LogP contribution < -0.4 is 4.31 Å². The fraction of sp³-hybridized carbons (Fsp3) is 0.154. The number of sulfonamides is 1. The van der Waals surface area contributed by atoms with Gasteiger partial charge in [-0.15, -0.1) is 0 Å². The zero-order chi connectivity index (χ0) is 14.8. The molecule has 0 aliphatic rings. The first-order chi connectivity index (χ1) is 9.46. The van der Waals surface area contributed by atoms with Gasteiger partial charge in [0.2, 0.25) is 0 Å². The number of hydrogen-bond acceptors (Lipinski definition) is 3. The third-order valence-electron chi connectivity index (χ3n) is 2.68. The highest BCUT2D eigenvalue weighted by Crippen LogP contribution is 2.26. The number of rotatable bonds is 4. The molecule has 1 heterocycles. The highest BCUT2D eigenvalue weighted by molar-refractivity contribution is 9.10. The molecule has 0 aliphatic carbocycles. The second kappa shape index (κ2) is 5.88. The molecule has 1 aromatic heterocycles. The molecule has 1 aromatic carbocycles. The molecule has 0 amide bonds. The number of anilines is 1. The minimum atomic E-state index is -3.97. The third kappa shape index (κ3) is 2.83. The summed E-state index contributed by atoms with van der Waals surface area (Å²) in [7, 11) is -3.97. The van der Waals surface area contributed by atoms with Gasteiger partial charge in [0.25, 0.3) is 10.0 Å². The molecule has 2 aromatic rings. The van der Waals surface area contributed by atoms with Crippen molar-refractivity contribution in [2.75, 3.05) is 10.8 Å². The van der Waals surface area contributed by atoms with Gasteiger partial charge in [0.1, 0.15) is 10.7 Å². The molecule has 0 bridgehead atoms. The number of nitrogens with zero attached hydrogens (tertiary/aromatic N) is 2. The summed E-state index contributed by atoms with van der Waals surface area (Å²) in [6, 6.07) is 7.07. The molecule has 2 rings (SSSR count). The van der Waals surface area contributed by atoms with Crippen molar-refractivity contribution < 1.29 is 12.8 Å². The highest BCUT2D eigenvalue weighted by atomic mass is 79.9. The summed E-state index contributed by atoms with van der Waals surface area (Å²) in [6.07, 6.45) is 2.97. The molecule has 4 nitrogen and oxygen atoms in total. The second-order valence-corrected chi connectivity index (χ2v) is 6.70. The maximum absolute atomic E-state index is 13.8. The molecule has 0 saturated carbocycles. The van der Waals surface area contributed by atoms with E-state index in [-0.39, 0.29) is 11.4 Å². The van der Waals surface area contributed by atoms with E-state index in [9.17, 15) is 12.8 Å². The van der Waals surface area contributed by atoms with Gasteiger partial charge in [-0.2, -0.15) is 0 Å². The van der Waals surface area contributed by atoms with E-state index in [0.29, 0.717) is 10.2 Å². The quantitative estimate of drug-likeness (QED) is 0.843. The predicted octanol–water partition coefficient (Wildman–Crippen LogP) is 3.20. The van der Waals surface area contributed by atoms with Gasteiger partial charge in [-0.1, -0.05) is 15.9 Å². The van der Waals surface area contributed by atoms with Crippen molar-refractivity contribution in [3.8, 4) is 0 Å². The van der Waals surface area contributed by atoms with E-state index in [1.165, 1.54) is 18.3 Å². The molecule has 0 atom stereocenters. The van der Waals surface area contributed by atoms with Gasteiger partial charge in [0.15, 0.2) is 0 Å². The fourth-order valence-electron chi connectivity index (χ4n) is 1.79. The highest BCUT2D eigenvalue weighted by Gasteiger charge is 2.27. The Morgan fingerprint density at radius 2 is 2.10 bits per heavy atom. The lowest BCUT2D eigenvalue weighted by Gasteiger charge is -2.22. The van der Waals surface area contributed by atoms with Crippen LogP contribution in [0, 0.1) is 5.82 Å². The van der Waals surface area contributed by atoms with Crippen molar-refractivity contribution in [2.45, 2.75) is 11.8 Å². The molecular weight excluding hydrogens is 347 g/mol. The first-order valence-corrected chi connectivity index (χ1v) is 8.08. The van der Waals surface area contributed by atoms with Crippen LogP contribution in [0.5, 0.6) is 0 Å². The molecule has 0 fully saturated rings. The average Bonchev–Trinajstić information content (AvgIpc) is 2.43. The molecule has 106 valence electrons. The molecule has 0 spiro atoms. The van der Waals surface area contributed by atoms with E-state index in [2.05, 4.69) is 20.9 Å². The molecule has 0 N–H and O–H groups in total. The smallest absolute Gasteiger partial charge is 0.265 e. The maximum Gasteiger partial charge on any atom is 0.267 e. The molecule has 20 heavy (non-hydrogen) atoms. The molecule has 0 saturated heterocycles. The van der Waals surface area contributed by atoms with Crippen LogP contribution in [0.1, 0.15) is 6.92 Å². The van der Waals surface area contributed by atoms with Crippen LogP contribution in [0.4, 0.5) is 10.1 Å². The van der Waals surface area contributed by atoms with Crippen molar-refractivity contribution in [1.82, 2.24) is 4.98 Å². The molecule has 0 unspecified atom stereocenters. The summed E-state index contributed by atoms with van der Waals surface area (Å²) < 4.78 is 40.6. The molecule has 7 heteroatoms. The van der Waals surface area contributed by atoms with Crippen LogP contribution in [0.3, 0.4) is 0 Å². The van der Waals surface area contributed by atoms with Crippen molar-refractivity contribution in [2.24, 2.45) is 0 Å². The van der Waals surface area contributed by atoms with Crippen molar-refractivity contribution in [1.29, 1.82) is 0 Å². The zero-order valence-corrected chi connectivity index (χ0v) is 13.0. The largest absolute Gasteiger partial charge is 0.267 e. The van der Waals surface area contributed by atoms with Crippen LogP contribution in [0.15, 0.2) is 52.1 Å². The topological polar surface area (TPSA) is 50.3 Å². The van der Waals surface area contributed by atoms with Crippen LogP contribution in [-0.4, -0.2) is 19.9 Å². The maximum atomic E-state index is 13.8. The number of pyridine rings is 1. The Balaban J connectivity index is 2.56. The SMILES string of the molecule is CCN(c1cccnc1)S(=O)(=O)c1cc(Br)ccc1F. The summed E-state index contributed by atoms with van der Waals surface area (Å²) in [4.78, 5) is 3.53. The molecule has 0 aliphatic heterocycles. The van der Waals surface area contributed by atoms with Gasteiger partial charge in [0, 0.05) is 17.2 Å². The predicted molar refractivity (Wildman–Crippen MR) is 78.5 cm³/mol. The Morgan fingerprint density at radius 1 is 1.35 bits per heavy atom. The third-order valence-corrected chi connectivity index (χ3v) is 5.09. The van der Waals surface area contributed by atoms with Crippen molar-refractivity contribution >= 4 is 31.6 Å². The summed E-state index contributed by atoms with van der Waals surface area (Å²) >= 11 is 3.15. The number of benzene rings is 1. The minimum Gasteiger partial charge on any atom is -0.265 e. The number of halogens is 2. The first kappa shape index (κ1) is 14.9. The summed E-state index contributed by atoms with van der Waals surface area (Å²) in [6.45, 7) is 1.86. The fourth-order valence-corrected chi connectivity index (χ4v) is 3.85. The van der Waals surface area contributed by atoms with Gasteiger partial charge >= 0.3 is 0 Å². The lowest BCUT2D eigenvalue weighted by atomic mass is 10.3. The minimum absolute atomic E-state index is 0.181. The number of hydrogen-bond donors (Lipinski definition) is 0. The normalized spacial score (nSPS) is 11.3. The van der Waals surface area contributed by atoms with Crippen LogP contribution in [0.25, 0.3) is 0 Å². The van der Waals surface area contributed by atoms with Gasteiger partial charge < -0.3 is 0 Å². The van der Waals surface area contributed by atoms with E-state index >= 15 is 0 Å². The average molecular weight is 359 g/mol. The van der Waals surface area contributed by atoms with E-state index in [4.69, 9.17) is 0 Å². The van der Waals surface area contributed by atoms with Crippen LogP contribution in [-0.2, 0) is 10.0 Å². The van der Waals surface area contributed by atoms with E-state index in [1.807, 2.05) is 0 Å². The van der Waals surface area contributed by atoms with Crippen molar-refractivity contribution in [3.63, 3.8) is 0 Å². The Bertz CT molecular complexity index is 708. The van der Waals surface area contributed by atoms with E-state index in [0.717, 1.165) is 10.4 Å². The number of aromatic nitrogens is 1.